The topological polar surface area (TPSA) is 93.4 Å². The molecule has 150 valence electrons. The van der Waals surface area contributed by atoms with Gasteiger partial charge < -0.3 is 19.6 Å². The minimum atomic E-state index is -0.674. The van der Waals surface area contributed by atoms with Crippen LogP contribution in [0, 0.1) is 6.92 Å². The highest BCUT2D eigenvalue weighted by Crippen LogP contribution is 2.30. The molecular formula is C20H27N5O3. The van der Waals surface area contributed by atoms with Crippen molar-refractivity contribution in [1.82, 2.24) is 15.4 Å². The van der Waals surface area contributed by atoms with Gasteiger partial charge in [0.2, 0.25) is 11.8 Å². The lowest BCUT2D eigenvalue weighted by Gasteiger charge is -2.37. The van der Waals surface area contributed by atoms with Crippen LogP contribution in [0.25, 0.3) is 0 Å². The van der Waals surface area contributed by atoms with Crippen LogP contribution in [0.4, 0.5) is 11.4 Å². The number of benzene rings is 1. The molecule has 1 saturated heterocycles. The third kappa shape index (κ3) is 4.35. The molecule has 28 heavy (non-hydrogen) atoms. The molecule has 1 unspecified atom stereocenters. The molecule has 2 aromatic rings. The fourth-order valence-corrected chi connectivity index (χ4v) is 3.34. The maximum Gasteiger partial charge on any atom is 0.240 e. The number of hydrogen-bond donors (Lipinski definition) is 3. The van der Waals surface area contributed by atoms with E-state index in [1.54, 1.807) is 13.0 Å². The van der Waals surface area contributed by atoms with Gasteiger partial charge in [-0.1, -0.05) is 18.2 Å². The van der Waals surface area contributed by atoms with Gasteiger partial charge in [-0.3, -0.25) is 5.21 Å². The van der Waals surface area contributed by atoms with Gasteiger partial charge in [0.25, 0.3) is 0 Å². The molecular weight excluding hydrogens is 358 g/mol. The number of nitrogens with zero attached hydrogens (tertiary/aromatic N) is 4. The Bertz CT molecular complexity index is 818. The van der Waals surface area contributed by atoms with Crippen LogP contribution in [-0.4, -0.2) is 59.4 Å². The van der Waals surface area contributed by atoms with Crippen LogP contribution in [0.5, 0.6) is 5.88 Å². The van der Waals surface area contributed by atoms with E-state index in [1.807, 2.05) is 30.0 Å². The Balaban J connectivity index is 1.80. The number of piperazine rings is 1. The van der Waals surface area contributed by atoms with Crippen LogP contribution in [0.2, 0.25) is 0 Å². The zero-order valence-corrected chi connectivity index (χ0v) is 16.5. The summed E-state index contributed by atoms with van der Waals surface area (Å²) in [5.41, 5.74) is 5.19. The van der Waals surface area contributed by atoms with Crippen LogP contribution in [0.1, 0.15) is 24.3 Å². The number of para-hydroxylation sites is 1. The van der Waals surface area contributed by atoms with E-state index in [2.05, 4.69) is 32.5 Å². The normalized spacial score (nSPS) is 16.1. The fourth-order valence-electron chi connectivity index (χ4n) is 3.34. The molecule has 1 aliphatic heterocycles. The number of aryl methyl sites for hydroxylation is 1. The number of guanidine groups is 1. The van der Waals surface area contributed by atoms with Crippen LogP contribution >= 0.6 is 0 Å². The Morgan fingerprint density at radius 1 is 1.21 bits per heavy atom. The molecule has 1 fully saturated rings. The molecule has 1 aromatic carbocycles. The number of hydrogen-bond acceptors (Lipinski definition) is 6. The predicted octanol–water partition coefficient (Wildman–Crippen LogP) is 2.24. The van der Waals surface area contributed by atoms with Crippen molar-refractivity contribution in [3.05, 3.63) is 47.7 Å². The van der Waals surface area contributed by atoms with Gasteiger partial charge in [-0.25, -0.2) is 15.5 Å². The standard InChI is InChI=1S/C20H27N5O3/c1-14-17(15(2)26)13-18(19(21-14)28-3)22-20(23-27)25-11-9-24(10-12-25)16-7-5-4-6-8-16/h4-8,13,15,26-27H,9-12H2,1-3H3,(H,22,23). The van der Waals surface area contributed by atoms with Crippen molar-refractivity contribution >= 4 is 17.3 Å². The highest BCUT2D eigenvalue weighted by Gasteiger charge is 2.21. The van der Waals surface area contributed by atoms with E-state index in [1.165, 1.54) is 12.8 Å². The van der Waals surface area contributed by atoms with Crippen LogP contribution in [0.3, 0.4) is 0 Å². The van der Waals surface area contributed by atoms with Gasteiger partial charge in [0.05, 0.1) is 13.2 Å². The summed E-state index contributed by atoms with van der Waals surface area (Å²) < 4.78 is 5.33. The molecule has 0 spiro atoms. The van der Waals surface area contributed by atoms with Crippen molar-refractivity contribution < 1.29 is 15.1 Å². The van der Waals surface area contributed by atoms with Gasteiger partial charge >= 0.3 is 0 Å². The van der Waals surface area contributed by atoms with Crippen molar-refractivity contribution in [2.45, 2.75) is 20.0 Å². The zero-order valence-electron chi connectivity index (χ0n) is 16.5. The quantitative estimate of drug-likeness (QED) is 0.422. The monoisotopic (exact) mass is 385 g/mol. The molecule has 0 amide bonds. The van der Waals surface area contributed by atoms with E-state index >= 15 is 0 Å². The molecule has 0 bridgehead atoms. The van der Waals surface area contributed by atoms with Gasteiger partial charge in [0, 0.05) is 43.1 Å². The molecule has 3 rings (SSSR count). The van der Waals surface area contributed by atoms with E-state index in [0.717, 1.165) is 13.1 Å². The SMILES string of the molecule is COc1nc(C)c(C(C)O)cc1N=C(NO)N1CCN(c2ccccc2)CC1. The van der Waals surface area contributed by atoms with Crippen molar-refractivity contribution in [1.29, 1.82) is 0 Å². The van der Waals surface area contributed by atoms with Gasteiger partial charge in [-0.15, -0.1) is 0 Å². The first-order valence-electron chi connectivity index (χ1n) is 9.30. The first kappa shape index (κ1) is 19.9. The summed E-state index contributed by atoms with van der Waals surface area (Å²) in [5, 5.41) is 19.6. The van der Waals surface area contributed by atoms with Crippen molar-refractivity contribution in [3.8, 4) is 5.88 Å². The third-order valence-corrected chi connectivity index (χ3v) is 4.87. The zero-order chi connectivity index (χ0) is 20.1. The average Bonchev–Trinajstić information content (AvgIpc) is 2.73. The van der Waals surface area contributed by atoms with Crippen molar-refractivity contribution in [3.63, 3.8) is 0 Å². The molecule has 1 aliphatic rings. The number of aliphatic hydroxyl groups is 1. The molecule has 8 nitrogen and oxygen atoms in total. The molecule has 0 saturated carbocycles. The number of aliphatic hydroxyl groups excluding tert-OH is 1. The second-order valence-corrected chi connectivity index (χ2v) is 6.72. The van der Waals surface area contributed by atoms with Gasteiger partial charge in [0.15, 0.2) is 0 Å². The summed E-state index contributed by atoms with van der Waals surface area (Å²) in [4.78, 5) is 13.2. The first-order valence-corrected chi connectivity index (χ1v) is 9.30. The predicted molar refractivity (Wildman–Crippen MR) is 108 cm³/mol. The van der Waals surface area contributed by atoms with Crippen molar-refractivity contribution in [2.24, 2.45) is 4.99 Å². The number of anilines is 1. The minimum Gasteiger partial charge on any atom is -0.479 e. The Morgan fingerprint density at radius 2 is 1.89 bits per heavy atom. The Kier molecular flexibility index (Phi) is 6.33. The number of methoxy groups -OCH3 is 1. The van der Waals surface area contributed by atoms with Gasteiger partial charge in [-0.05, 0) is 32.0 Å². The van der Waals surface area contributed by atoms with E-state index in [-0.39, 0.29) is 0 Å². The molecule has 8 heteroatoms. The largest absolute Gasteiger partial charge is 0.479 e. The smallest absolute Gasteiger partial charge is 0.240 e. The summed E-state index contributed by atoms with van der Waals surface area (Å²) in [6.45, 7) is 6.52. The van der Waals surface area contributed by atoms with Gasteiger partial charge in [0.1, 0.15) is 5.69 Å². The number of aliphatic imine (C=N–C) groups is 1. The summed E-state index contributed by atoms with van der Waals surface area (Å²) in [5.74, 6) is 0.672. The first-order chi connectivity index (χ1) is 13.5. The minimum absolute atomic E-state index is 0.327. The highest BCUT2D eigenvalue weighted by molar-refractivity contribution is 5.83. The molecule has 0 aliphatic carbocycles. The molecule has 2 heterocycles. The Hall–Kier alpha value is -2.84. The third-order valence-electron chi connectivity index (χ3n) is 4.87. The van der Waals surface area contributed by atoms with Crippen molar-refractivity contribution in [2.75, 3.05) is 38.2 Å². The van der Waals surface area contributed by atoms with E-state index in [9.17, 15) is 10.3 Å². The Morgan fingerprint density at radius 3 is 2.46 bits per heavy atom. The van der Waals surface area contributed by atoms with Crippen LogP contribution in [0.15, 0.2) is 41.4 Å². The fraction of sp³-hybridized carbons (Fsp3) is 0.400. The maximum absolute atomic E-state index is 9.96. The van der Waals surface area contributed by atoms with Crippen LogP contribution < -0.4 is 15.1 Å². The lowest BCUT2D eigenvalue weighted by molar-refractivity contribution is 0.198. The Labute approximate surface area is 165 Å². The molecule has 1 atom stereocenters. The number of pyridine rings is 1. The number of hydroxylamine groups is 1. The van der Waals surface area contributed by atoms with Gasteiger partial charge in [-0.2, -0.15) is 0 Å². The second kappa shape index (κ2) is 8.90. The summed E-state index contributed by atoms with van der Waals surface area (Å²) in [6, 6.07) is 12.0. The molecule has 3 N–H and O–H groups in total. The van der Waals surface area contributed by atoms with E-state index < -0.39 is 6.10 Å². The number of ether oxygens (including phenoxy) is 1. The number of aromatic nitrogens is 1. The average molecular weight is 385 g/mol. The summed E-state index contributed by atoms with van der Waals surface area (Å²) in [7, 11) is 1.52. The maximum atomic E-state index is 9.96. The van der Waals surface area contributed by atoms with E-state index in [4.69, 9.17) is 4.74 Å². The number of nitrogens with one attached hydrogen (secondary N) is 1. The van der Waals surface area contributed by atoms with Crippen LogP contribution in [-0.2, 0) is 0 Å². The number of rotatable bonds is 4. The summed E-state index contributed by atoms with van der Waals surface area (Å²) >= 11 is 0. The van der Waals surface area contributed by atoms with E-state index in [0.29, 0.717) is 41.9 Å². The lowest BCUT2D eigenvalue weighted by Crippen LogP contribution is -2.52. The second-order valence-electron chi connectivity index (χ2n) is 6.72. The highest BCUT2D eigenvalue weighted by atomic mass is 16.5. The summed E-state index contributed by atoms with van der Waals surface area (Å²) in [6.07, 6.45) is -0.674. The molecule has 0 radical (unpaired) electrons. The lowest BCUT2D eigenvalue weighted by atomic mass is 10.1. The molecule has 1 aromatic heterocycles.